The van der Waals surface area contributed by atoms with Crippen LogP contribution < -0.4 is 9.05 Å². The number of rotatable bonds is 20. The summed E-state index contributed by atoms with van der Waals surface area (Å²) in [4.78, 5) is 0. The maximum Gasteiger partial charge on any atom is 0.587 e. The van der Waals surface area contributed by atoms with Gasteiger partial charge in [0.05, 0.1) is 39.6 Å². The van der Waals surface area contributed by atoms with Gasteiger partial charge in [0.1, 0.15) is 42.0 Å². The summed E-state index contributed by atoms with van der Waals surface area (Å²) >= 11 is 0. The molecule has 0 aliphatic carbocycles. The van der Waals surface area contributed by atoms with Crippen molar-refractivity contribution in [2.75, 3.05) is 13.2 Å². The molecular formula is C47H47O9P. The van der Waals surface area contributed by atoms with E-state index < -0.39 is 38.3 Å². The average molecular weight is 787 g/mol. The number of phosphoric ester groups is 1. The second-order valence-electron chi connectivity index (χ2n) is 13.5. The Morgan fingerprint density at radius 3 is 1.14 bits per heavy atom. The van der Waals surface area contributed by atoms with Crippen molar-refractivity contribution in [1.82, 2.24) is 0 Å². The molecule has 5 atom stereocenters. The molecule has 1 saturated heterocycles. The number of hydrogen-bond acceptors (Lipinski definition) is 9. The lowest BCUT2D eigenvalue weighted by atomic mass is 9.94. The molecule has 294 valence electrons. The van der Waals surface area contributed by atoms with Gasteiger partial charge in [-0.15, -0.1) is 0 Å². The molecule has 0 aromatic heterocycles. The molecule has 6 aromatic carbocycles. The maximum absolute atomic E-state index is 14.6. The van der Waals surface area contributed by atoms with Crippen LogP contribution in [0.25, 0.3) is 0 Å². The lowest BCUT2D eigenvalue weighted by Crippen LogP contribution is -2.62. The predicted octanol–water partition coefficient (Wildman–Crippen LogP) is 10.0. The van der Waals surface area contributed by atoms with Crippen molar-refractivity contribution in [3.8, 4) is 11.5 Å². The molecule has 0 bridgehead atoms. The Bertz CT molecular complexity index is 2010. The number of para-hydroxylation sites is 2. The SMILES string of the molecule is O=P(OC[C@H]1O[C@H](COCc2ccccc2)[C@H](OCc2ccccc2)[C@H](OCc2ccccc2)[C@H]1OCc1ccccc1)(Oc1ccccc1)Oc1ccccc1. The molecule has 7 rings (SSSR count). The Hall–Kier alpha value is -5.09. The Balaban J connectivity index is 1.21. The largest absolute Gasteiger partial charge is 0.587 e. The van der Waals surface area contributed by atoms with E-state index in [1.165, 1.54) is 0 Å². The van der Waals surface area contributed by atoms with E-state index in [1.807, 2.05) is 133 Å². The van der Waals surface area contributed by atoms with E-state index in [1.54, 1.807) is 48.5 Å². The van der Waals surface area contributed by atoms with E-state index in [-0.39, 0.29) is 26.4 Å². The van der Waals surface area contributed by atoms with Gasteiger partial charge in [0.2, 0.25) is 0 Å². The first-order valence-electron chi connectivity index (χ1n) is 19.1. The molecule has 1 heterocycles. The van der Waals surface area contributed by atoms with Gasteiger partial charge in [-0.2, -0.15) is 0 Å². The van der Waals surface area contributed by atoms with Gasteiger partial charge >= 0.3 is 7.82 Å². The third kappa shape index (κ3) is 12.2. The van der Waals surface area contributed by atoms with Crippen molar-refractivity contribution in [2.24, 2.45) is 0 Å². The number of hydrogen-bond donors (Lipinski definition) is 0. The van der Waals surface area contributed by atoms with Crippen LogP contribution in [0.3, 0.4) is 0 Å². The Morgan fingerprint density at radius 1 is 0.404 bits per heavy atom. The molecule has 0 unspecified atom stereocenters. The summed E-state index contributed by atoms with van der Waals surface area (Å²) in [5.74, 6) is 0.646. The monoisotopic (exact) mass is 786 g/mol. The highest BCUT2D eigenvalue weighted by Crippen LogP contribution is 2.50. The summed E-state index contributed by atoms with van der Waals surface area (Å²) in [5.41, 5.74) is 3.95. The first kappa shape index (κ1) is 40.1. The van der Waals surface area contributed by atoms with Gasteiger partial charge in [-0.05, 0) is 46.5 Å². The molecule has 57 heavy (non-hydrogen) atoms. The third-order valence-corrected chi connectivity index (χ3v) is 10.6. The molecular weight excluding hydrogens is 739 g/mol. The fraction of sp³-hybridized carbons (Fsp3) is 0.234. The van der Waals surface area contributed by atoms with Gasteiger partial charge in [0.15, 0.2) is 0 Å². The maximum atomic E-state index is 14.6. The fourth-order valence-electron chi connectivity index (χ4n) is 6.48. The topological polar surface area (TPSA) is 90.9 Å². The Kier molecular flexibility index (Phi) is 14.7. The molecule has 10 heteroatoms. The Labute approximate surface area is 334 Å². The van der Waals surface area contributed by atoms with Crippen molar-refractivity contribution < 1.29 is 41.8 Å². The molecule has 0 saturated carbocycles. The number of ether oxygens (including phenoxy) is 5. The fourth-order valence-corrected chi connectivity index (χ4v) is 7.71. The van der Waals surface area contributed by atoms with E-state index >= 15 is 0 Å². The summed E-state index contributed by atoms with van der Waals surface area (Å²) in [5, 5.41) is 0. The van der Waals surface area contributed by atoms with Crippen molar-refractivity contribution in [2.45, 2.75) is 56.9 Å². The van der Waals surface area contributed by atoms with Crippen molar-refractivity contribution >= 4 is 7.82 Å². The summed E-state index contributed by atoms with van der Waals surface area (Å²) in [6, 6.07) is 57.3. The number of phosphoric acid groups is 1. The zero-order valence-corrected chi connectivity index (χ0v) is 32.5. The minimum absolute atomic E-state index is 0.167. The summed E-state index contributed by atoms with van der Waals surface area (Å²) in [7, 11) is -4.30. The second kappa shape index (κ2) is 20.9. The molecule has 9 nitrogen and oxygen atoms in total. The molecule has 0 spiro atoms. The van der Waals surface area contributed by atoms with Crippen LogP contribution >= 0.6 is 7.82 Å². The predicted molar refractivity (Wildman–Crippen MR) is 218 cm³/mol. The van der Waals surface area contributed by atoms with Crippen LogP contribution in [0, 0.1) is 0 Å². The van der Waals surface area contributed by atoms with Gasteiger partial charge in [0, 0.05) is 0 Å². The zero-order valence-electron chi connectivity index (χ0n) is 31.6. The Morgan fingerprint density at radius 2 is 0.737 bits per heavy atom. The first-order chi connectivity index (χ1) is 28.1. The lowest BCUT2D eigenvalue weighted by Gasteiger charge is -2.46. The highest BCUT2D eigenvalue weighted by Gasteiger charge is 2.49. The van der Waals surface area contributed by atoms with Crippen LogP contribution in [0.4, 0.5) is 0 Å². The highest BCUT2D eigenvalue weighted by molar-refractivity contribution is 7.49. The average Bonchev–Trinajstić information content (AvgIpc) is 3.26. The lowest BCUT2D eigenvalue weighted by molar-refractivity contribution is -0.276. The van der Waals surface area contributed by atoms with Crippen molar-refractivity contribution in [3.05, 3.63) is 204 Å². The summed E-state index contributed by atoms with van der Waals surface area (Å²) < 4.78 is 66.3. The van der Waals surface area contributed by atoms with Gasteiger partial charge in [-0.1, -0.05) is 158 Å². The molecule has 0 N–H and O–H groups in total. The normalized spacial score (nSPS) is 19.5. The quantitative estimate of drug-likeness (QED) is 0.0702. The van der Waals surface area contributed by atoms with E-state index in [0.717, 1.165) is 22.3 Å². The first-order valence-corrected chi connectivity index (χ1v) is 20.5. The van der Waals surface area contributed by atoms with E-state index in [4.69, 9.17) is 37.3 Å². The van der Waals surface area contributed by atoms with Crippen LogP contribution in [0.1, 0.15) is 22.3 Å². The van der Waals surface area contributed by atoms with Crippen molar-refractivity contribution in [3.63, 3.8) is 0 Å². The van der Waals surface area contributed by atoms with Crippen molar-refractivity contribution in [1.29, 1.82) is 0 Å². The molecule has 0 radical (unpaired) electrons. The van der Waals surface area contributed by atoms with Gasteiger partial charge < -0.3 is 32.7 Å². The third-order valence-electron chi connectivity index (χ3n) is 9.30. The van der Waals surface area contributed by atoms with Crippen LogP contribution in [-0.4, -0.2) is 43.7 Å². The van der Waals surface area contributed by atoms with Gasteiger partial charge in [-0.3, -0.25) is 4.52 Å². The molecule has 1 fully saturated rings. The molecule has 1 aliphatic rings. The zero-order chi connectivity index (χ0) is 39.0. The van der Waals surface area contributed by atoms with Crippen LogP contribution in [0.2, 0.25) is 0 Å². The second-order valence-corrected chi connectivity index (χ2v) is 15.1. The highest BCUT2D eigenvalue weighted by atomic mass is 31.2. The summed E-state index contributed by atoms with van der Waals surface area (Å²) in [6.07, 6.45) is -3.57. The molecule has 0 amide bonds. The van der Waals surface area contributed by atoms with Crippen LogP contribution in [0.5, 0.6) is 11.5 Å². The van der Waals surface area contributed by atoms with E-state index in [9.17, 15) is 4.57 Å². The van der Waals surface area contributed by atoms with Crippen LogP contribution in [-0.2, 0) is 59.2 Å². The minimum atomic E-state index is -4.30. The standard InChI is InChI=1S/C47H47O9P/c48-57(55-41-27-15-5-16-28-41,56-42-29-17-6-18-30-42)53-36-44-46(51-33-39-23-11-3-12-24-39)47(52-34-40-25-13-4-14-26-40)45(50-32-38-21-9-2-10-22-38)43(54-44)35-49-31-37-19-7-1-8-20-37/h1-30,43-47H,31-36H2/t43-,44-,45+,46+,47+/m1/s1. The van der Waals surface area contributed by atoms with Gasteiger partial charge in [-0.25, -0.2) is 4.57 Å². The van der Waals surface area contributed by atoms with E-state index in [0.29, 0.717) is 24.7 Å². The minimum Gasteiger partial charge on any atom is -0.395 e. The van der Waals surface area contributed by atoms with Gasteiger partial charge in [0.25, 0.3) is 0 Å². The summed E-state index contributed by atoms with van der Waals surface area (Å²) in [6.45, 7) is 1.12. The molecule has 6 aromatic rings. The van der Waals surface area contributed by atoms with Crippen LogP contribution in [0.15, 0.2) is 182 Å². The smallest absolute Gasteiger partial charge is 0.395 e. The number of benzene rings is 6. The van der Waals surface area contributed by atoms with E-state index in [2.05, 4.69) is 0 Å². The molecule has 1 aliphatic heterocycles.